The van der Waals surface area contributed by atoms with Gasteiger partial charge in [-0.3, -0.25) is 0 Å². The highest BCUT2D eigenvalue weighted by molar-refractivity contribution is 5.75. The van der Waals surface area contributed by atoms with Crippen molar-refractivity contribution >= 4 is 6.03 Å². The maximum absolute atomic E-state index is 12.7. The number of benzene rings is 1. The lowest BCUT2D eigenvalue weighted by molar-refractivity contribution is -0.0649. The Morgan fingerprint density at radius 1 is 1.28 bits per heavy atom. The Hall–Kier alpha value is -1.59. The Balaban J connectivity index is 1.65. The molecule has 5 heteroatoms. The third-order valence-electron chi connectivity index (χ3n) is 5.82. The number of carbonyl (C=O) groups excluding carboxylic acids is 1. The Labute approximate surface area is 150 Å². The van der Waals surface area contributed by atoms with Crippen molar-refractivity contribution in [2.45, 2.75) is 56.6 Å². The van der Waals surface area contributed by atoms with Crippen LogP contribution < -0.4 is 5.32 Å². The normalized spacial score (nSPS) is 24.5. The van der Waals surface area contributed by atoms with Crippen LogP contribution in [0.4, 0.5) is 4.79 Å². The molecule has 1 aromatic carbocycles. The number of nitrogens with zero attached hydrogens (tertiary/aromatic N) is 1. The summed E-state index contributed by atoms with van der Waals surface area (Å²) in [6.07, 6.45) is 3.13. The number of likely N-dealkylation sites (tertiary alicyclic amines) is 1. The quantitative estimate of drug-likeness (QED) is 0.884. The van der Waals surface area contributed by atoms with Gasteiger partial charge in [0.15, 0.2) is 0 Å². The fourth-order valence-corrected chi connectivity index (χ4v) is 4.14. The summed E-state index contributed by atoms with van der Waals surface area (Å²) in [7, 11) is 1.60. The zero-order valence-electron chi connectivity index (χ0n) is 15.5. The molecule has 0 radical (unpaired) electrons. The number of rotatable bonds is 3. The lowest BCUT2D eigenvalue weighted by atomic mass is 9.71. The molecular formula is C20H30N2O3. The van der Waals surface area contributed by atoms with Gasteiger partial charge in [0.2, 0.25) is 0 Å². The molecule has 1 aliphatic carbocycles. The first-order valence-corrected chi connectivity index (χ1v) is 9.21. The van der Waals surface area contributed by atoms with Crippen molar-refractivity contribution in [2.24, 2.45) is 0 Å². The van der Waals surface area contributed by atoms with Crippen molar-refractivity contribution in [2.75, 3.05) is 26.8 Å². The molecule has 0 bridgehead atoms. The van der Waals surface area contributed by atoms with Crippen LogP contribution in [-0.4, -0.2) is 48.4 Å². The number of nitrogens with one attached hydrogen (secondary N) is 1. The molecule has 1 unspecified atom stereocenters. The third kappa shape index (κ3) is 3.82. The Kier molecular flexibility index (Phi) is 5.07. The molecule has 1 heterocycles. The van der Waals surface area contributed by atoms with Gasteiger partial charge in [-0.15, -0.1) is 0 Å². The molecule has 25 heavy (non-hydrogen) atoms. The van der Waals surface area contributed by atoms with Gasteiger partial charge in [-0.25, -0.2) is 4.79 Å². The fraction of sp³-hybridized carbons (Fsp3) is 0.650. The average molecular weight is 346 g/mol. The van der Waals surface area contributed by atoms with Crippen LogP contribution in [0, 0.1) is 0 Å². The third-order valence-corrected chi connectivity index (χ3v) is 5.82. The standard InChI is InChI=1S/C20H30N2O3/c1-19(2)9-8-17(15-6-4-5-7-16(15)19)21-18(23)22-12-10-20(24,11-13-22)14-25-3/h4-7,17,24H,8-14H2,1-3H3,(H,21,23). The molecule has 2 amide bonds. The molecule has 1 saturated heterocycles. The molecule has 1 aliphatic heterocycles. The van der Waals surface area contributed by atoms with Gasteiger partial charge in [-0.05, 0) is 42.2 Å². The number of carbonyl (C=O) groups is 1. The second kappa shape index (κ2) is 6.96. The van der Waals surface area contributed by atoms with Crippen molar-refractivity contribution in [3.63, 3.8) is 0 Å². The minimum atomic E-state index is -0.799. The minimum absolute atomic E-state index is 0.0287. The van der Waals surface area contributed by atoms with Crippen LogP contribution in [0.15, 0.2) is 24.3 Å². The van der Waals surface area contributed by atoms with Crippen LogP contribution in [-0.2, 0) is 10.2 Å². The van der Waals surface area contributed by atoms with E-state index < -0.39 is 5.60 Å². The number of hydrogen-bond acceptors (Lipinski definition) is 3. The summed E-state index contributed by atoms with van der Waals surface area (Å²) in [5, 5.41) is 13.6. The predicted molar refractivity (Wildman–Crippen MR) is 97.6 cm³/mol. The van der Waals surface area contributed by atoms with Gasteiger partial charge in [-0.2, -0.15) is 0 Å². The van der Waals surface area contributed by atoms with Crippen molar-refractivity contribution in [1.82, 2.24) is 10.2 Å². The maximum atomic E-state index is 12.7. The van der Waals surface area contributed by atoms with Crippen LogP contribution in [0.5, 0.6) is 0 Å². The molecule has 3 rings (SSSR count). The highest BCUT2D eigenvalue weighted by atomic mass is 16.5. The number of ether oxygens (including phenoxy) is 1. The van der Waals surface area contributed by atoms with Crippen LogP contribution >= 0.6 is 0 Å². The van der Waals surface area contributed by atoms with E-state index in [2.05, 4.69) is 37.4 Å². The van der Waals surface area contributed by atoms with E-state index in [1.54, 1.807) is 7.11 Å². The van der Waals surface area contributed by atoms with Crippen LogP contribution in [0.1, 0.15) is 56.7 Å². The van der Waals surface area contributed by atoms with Crippen molar-refractivity contribution in [3.05, 3.63) is 35.4 Å². The van der Waals surface area contributed by atoms with Gasteiger partial charge in [0.1, 0.15) is 0 Å². The fourth-order valence-electron chi connectivity index (χ4n) is 4.14. The van der Waals surface area contributed by atoms with E-state index in [0.29, 0.717) is 32.5 Å². The number of urea groups is 1. The largest absolute Gasteiger partial charge is 0.387 e. The molecule has 2 N–H and O–H groups in total. The number of aliphatic hydroxyl groups is 1. The molecule has 0 aromatic heterocycles. The van der Waals surface area contributed by atoms with E-state index in [-0.39, 0.29) is 17.5 Å². The lowest BCUT2D eigenvalue weighted by Gasteiger charge is -2.40. The van der Waals surface area contributed by atoms with Gasteiger partial charge in [0, 0.05) is 20.2 Å². The van der Waals surface area contributed by atoms with E-state index in [0.717, 1.165) is 12.8 Å². The highest BCUT2D eigenvalue weighted by Gasteiger charge is 2.36. The number of fused-ring (bicyclic) bond motifs is 1. The summed E-state index contributed by atoms with van der Waals surface area (Å²) in [5.41, 5.74) is 1.92. The summed E-state index contributed by atoms with van der Waals surface area (Å²) < 4.78 is 5.09. The van der Waals surface area contributed by atoms with Crippen LogP contribution in [0.3, 0.4) is 0 Å². The van der Waals surface area contributed by atoms with E-state index in [9.17, 15) is 9.90 Å². The zero-order chi connectivity index (χ0) is 18.1. The van der Waals surface area contributed by atoms with Crippen molar-refractivity contribution in [3.8, 4) is 0 Å². The van der Waals surface area contributed by atoms with E-state index in [1.165, 1.54) is 11.1 Å². The van der Waals surface area contributed by atoms with Gasteiger partial charge < -0.3 is 20.1 Å². The lowest BCUT2D eigenvalue weighted by Crippen LogP contribution is -2.52. The summed E-state index contributed by atoms with van der Waals surface area (Å²) in [4.78, 5) is 14.5. The average Bonchev–Trinajstić information content (AvgIpc) is 2.58. The first-order chi connectivity index (χ1) is 11.8. The monoisotopic (exact) mass is 346 g/mol. The molecule has 0 spiro atoms. The molecule has 0 saturated carbocycles. The second-order valence-electron chi connectivity index (χ2n) is 8.16. The van der Waals surface area contributed by atoms with E-state index >= 15 is 0 Å². The minimum Gasteiger partial charge on any atom is -0.387 e. The summed E-state index contributed by atoms with van der Waals surface area (Å²) >= 11 is 0. The summed E-state index contributed by atoms with van der Waals surface area (Å²) in [6.45, 7) is 5.99. The zero-order valence-corrected chi connectivity index (χ0v) is 15.5. The molecule has 1 aromatic rings. The molecule has 2 aliphatic rings. The number of methoxy groups -OCH3 is 1. The number of hydrogen-bond donors (Lipinski definition) is 2. The van der Waals surface area contributed by atoms with E-state index in [1.807, 2.05) is 11.0 Å². The smallest absolute Gasteiger partial charge is 0.317 e. The van der Waals surface area contributed by atoms with Gasteiger partial charge in [-0.1, -0.05) is 38.1 Å². The van der Waals surface area contributed by atoms with Crippen molar-refractivity contribution < 1.29 is 14.6 Å². The molecule has 1 fully saturated rings. The molecule has 5 nitrogen and oxygen atoms in total. The van der Waals surface area contributed by atoms with Crippen molar-refractivity contribution in [1.29, 1.82) is 0 Å². The van der Waals surface area contributed by atoms with Crippen LogP contribution in [0.2, 0.25) is 0 Å². The molecular weight excluding hydrogens is 316 g/mol. The number of piperidine rings is 1. The first-order valence-electron chi connectivity index (χ1n) is 9.21. The van der Waals surface area contributed by atoms with Crippen LogP contribution in [0.25, 0.3) is 0 Å². The summed E-state index contributed by atoms with van der Waals surface area (Å²) in [5.74, 6) is 0. The van der Waals surface area contributed by atoms with Gasteiger partial charge in [0.05, 0.1) is 18.2 Å². The molecule has 138 valence electrons. The molecule has 1 atom stereocenters. The SMILES string of the molecule is COCC1(O)CCN(C(=O)NC2CCC(C)(C)c3ccccc32)CC1. The number of amides is 2. The van der Waals surface area contributed by atoms with Gasteiger partial charge >= 0.3 is 6.03 Å². The Morgan fingerprint density at radius 2 is 1.96 bits per heavy atom. The Morgan fingerprint density at radius 3 is 2.64 bits per heavy atom. The first kappa shape index (κ1) is 18.2. The predicted octanol–water partition coefficient (Wildman–Crippen LogP) is 2.98. The van der Waals surface area contributed by atoms with E-state index in [4.69, 9.17) is 4.74 Å². The van der Waals surface area contributed by atoms with Gasteiger partial charge in [0.25, 0.3) is 0 Å². The second-order valence-corrected chi connectivity index (χ2v) is 8.16. The highest BCUT2D eigenvalue weighted by Crippen LogP contribution is 2.41. The maximum Gasteiger partial charge on any atom is 0.317 e. The Bertz CT molecular complexity index is 621. The summed E-state index contributed by atoms with van der Waals surface area (Å²) in [6, 6.07) is 8.47. The topological polar surface area (TPSA) is 61.8 Å².